The maximum atomic E-state index is 4.50. The molecule has 1 N–H and O–H groups in total. The van der Waals surface area contributed by atoms with E-state index < -0.39 is 0 Å². The Morgan fingerprint density at radius 1 is 1.10 bits per heavy atom. The predicted octanol–water partition coefficient (Wildman–Crippen LogP) is 4.31. The number of hydrogen-bond donors (Lipinski definition) is 1. The van der Waals surface area contributed by atoms with Crippen LogP contribution in [0.2, 0.25) is 0 Å². The van der Waals surface area contributed by atoms with Crippen molar-refractivity contribution in [3.8, 4) is 0 Å². The summed E-state index contributed by atoms with van der Waals surface area (Å²) < 4.78 is 1.01. The molecule has 3 nitrogen and oxygen atoms in total. The lowest BCUT2D eigenvalue weighted by Gasteiger charge is -2.10. The highest BCUT2D eigenvalue weighted by Crippen LogP contribution is 2.27. The number of benzene rings is 1. The highest BCUT2D eigenvalue weighted by molar-refractivity contribution is 9.10. The van der Waals surface area contributed by atoms with Crippen molar-refractivity contribution in [2.75, 3.05) is 5.32 Å². The van der Waals surface area contributed by atoms with Crippen LogP contribution in [0, 0.1) is 6.92 Å². The Bertz CT molecular complexity index is 756. The first kappa shape index (κ1) is 13.1. The zero-order valence-electron chi connectivity index (χ0n) is 11.1. The Kier molecular flexibility index (Phi) is 3.65. The minimum absolute atomic E-state index is 0.702. The fourth-order valence-electron chi connectivity index (χ4n) is 2.18. The summed E-state index contributed by atoms with van der Waals surface area (Å²) in [6, 6.07) is 14.1. The van der Waals surface area contributed by atoms with Crippen LogP contribution in [0.5, 0.6) is 0 Å². The lowest BCUT2D eigenvalue weighted by Crippen LogP contribution is -2.03. The summed E-state index contributed by atoms with van der Waals surface area (Å²) >= 11 is 3.53. The number of rotatable bonds is 3. The molecule has 0 spiro atoms. The lowest BCUT2D eigenvalue weighted by atomic mass is 10.2. The third-order valence-electron chi connectivity index (χ3n) is 3.13. The van der Waals surface area contributed by atoms with Gasteiger partial charge in [-0.25, -0.2) is 0 Å². The van der Waals surface area contributed by atoms with E-state index in [0.29, 0.717) is 6.54 Å². The van der Waals surface area contributed by atoms with Crippen LogP contribution in [0.4, 0.5) is 5.69 Å². The molecule has 3 rings (SSSR count). The lowest BCUT2D eigenvalue weighted by molar-refractivity contribution is 1.02. The highest BCUT2D eigenvalue weighted by Gasteiger charge is 2.04. The fraction of sp³-hybridized carbons (Fsp3) is 0.125. The van der Waals surface area contributed by atoms with Gasteiger partial charge in [0.15, 0.2) is 0 Å². The second-order valence-corrected chi connectivity index (χ2v) is 5.47. The van der Waals surface area contributed by atoms with Crippen LogP contribution in [0.3, 0.4) is 0 Å². The molecule has 1 aromatic carbocycles. The van der Waals surface area contributed by atoms with Gasteiger partial charge in [0.2, 0.25) is 0 Å². The molecule has 0 aliphatic rings. The summed E-state index contributed by atoms with van der Waals surface area (Å²) in [6.07, 6.45) is 1.82. The van der Waals surface area contributed by atoms with E-state index in [4.69, 9.17) is 0 Å². The Hall–Kier alpha value is -1.94. The number of aromatic nitrogens is 2. The molecule has 0 bridgehead atoms. The second-order valence-electron chi connectivity index (χ2n) is 4.62. The van der Waals surface area contributed by atoms with Crippen molar-refractivity contribution in [1.82, 2.24) is 9.97 Å². The van der Waals surface area contributed by atoms with E-state index >= 15 is 0 Å². The molecule has 2 aromatic heterocycles. The summed E-state index contributed by atoms with van der Waals surface area (Å²) in [5, 5.41) is 4.54. The van der Waals surface area contributed by atoms with Crippen molar-refractivity contribution in [1.29, 1.82) is 0 Å². The van der Waals surface area contributed by atoms with E-state index in [2.05, 4.69) is 37.3 Å². The first-order valence-electron chi connectivity index (χ1n) is 6.44. The Morgan fingerprint density at radius 2 is 1.95 bits per heavy atom. The van der Waals surface area contributed by atoms with Gasteiger partial charge in [0.1, 0.15) is 0 Å². The van der Waals surface area contributed by atoms with Crippen LogP contribution in [0.15, 0.2) is 53.1 Å². The van der Waals surface area contributed by atoms with E-state index in [1.807, 2.05) is 49.5 Å². The number of nitrogens with one attached hydrogen (secondary N) is 1. The van der Waals surface area contributed by atoms with Crippen LogP contribution in [-0.4, -0.2) is 9.97 Å². The zero-order valence-corrected chi connectivity index (χ0v) is 12.7. The van der Waals surface area contributed by atoms with Gasteiger partial charge in [-0.15, -0.1) is 0 Å². The van der Waals surface area contributed by atoms with Crippen LogP contribution in [0.1, 0.15) is 11.4 Å². The Morgan fingerprint density at radius 3 is 2.80 bits per heavy atom. The summed E-state index contributed by atoms with van der Waals surface area (Å²) in [4.78, 5) is 8.91. The quantitative estimate of drug-likeness (QED) is 0.778. The molecule has 100 valence electrons. The van der Waals surface area contributed by atoms with E-state index in [1.54, 1.807) is 0 Å². The maximum absolute atomic E-state index is 4.50. The van der Waals surface area contributed by atoms with E-state index in [9.17, 15) is 0 Å². The molecule has 0 aliphatic heterocycles. The van der Waals surface area contributed by atoms with Gasteiger partial charge in [-0.3, -0.25) is 9.97 Å². The van der Waals surface area contributed by atoms with Gasteiger partial charge in [-0.05, 0) is 47.1 Å². The van der Waals surface area contributed by atoms with Gasteiger partial charge in [0, 0.05) is 27.4 Å². The molecule has 0 unspecified atom stereocenters. The molecular formula is C16H14BrN3. The fourth-order valence-corrected chi connectivity index (χ4v) is 2.65. The van der Waals surface area contributed by atoms with Gasteiger partial charge >= 0.3 is 0 Å². The maximum Gasteiger partial charge on any atom is 0.0864 e. The third kappa shape index (κ3) is 2.65. The number of pyridine rings is 2. The van der Waals surface area contributed by atoms with Crippen molar-refractivity contribution in [3.63, 3.8) is 0 Å². The summed E-state index contributed by atoms with van der Waals surface area (Å²) in [5.74, 6) is 0. The standard InChI is InChI=1S/C16H14BrN3/c1-11-4-2-5-12(20-11)10-19-15-8-9-18-16-13(15)6-3-7-14(16)17/h2-9H,10H2,1H3,(H,18,19). The zero-order chi connectivity index (χ0) is 13.9. The van der Waals surface area contributed by atoms with Gasteiger partial charge in [0.25, 0.3) is 0 Å². The van der Waals surface area contributed by atoms with E-state index in [-0.39, 0.29) is 0 Å². The second kappa shape index (κ2) is 5.59. The molecule has 0 saturated heterocycles. The highest BCUT2D eigenvalue weighted by atomic mass is 79.9. The number of para-hydroxylation sites is 1. The van der Waals surface area contributed by atoms with Gasteiger partial charge in [-0.1, -0.05) is 18.2 Å². The van der Waals surface area contributed by atoms with Crippen LogP contribution in [0.25, 0.3) is 10.9 Å². The summed E-state index contributed by atoms with van der Waals surface area (Å²) in [6.45, 7) is 2.70. The SMILES string of the molecule is Cc1cccc(CNc2ccnc3c(Br)cccc23)n1. The number of aryl methyl sites for hydroxylation is 1. The number of anilines is 1. The first-order chi connectivity index (χ1) is 9.74. The molecule has 0 saturated carbocycles. The van der Waals surface area contributed by atoms with Crippen LogP contribution < -0.4 is 5.32 Å². The summed E-state index contributed by atoms with van der Waals surface area (Å²) in [7, 11) is 0. The van der Waals surface area contributed by atoms with Crippen molar-refractivity contribution < 1.29 is 0 Å². The van der Waals surface area contributed by atoms with E-state index in [1.165, 1.54) is 0 Å². The average Bonchev–Trinajstić information content (AvgIpc) is 2.46. The number of hydrogen-bond acceptors (Lipinski definition) is 3. The molecular weight excluding hydrogens is 314 g/mol. The first-order valence-corrected chi connectivity index (χ1v) is 7.23. The number of nitrogens with zero attached hydrogens (tertiary/aromatic N) is 2. The minimum atomic E-state index is 0.702. The molecule has 0 fully saturated rings. The predicted molar refractivity (Wildman–Crippen MR) is 85.7 cm³/mol. The van der Waals surface area contributed by atoms with Gasteiger partial charge in [-0.2, -0.15) is 0 Å². The Labute approximate surface area is 126 Å². The molecule has 4 heteroatoms. The molecule has 0 radical (unpaired) electrons. The van der Waals surface area contributed by atoms with Gasteiger partial charge in [0.05, 0.1) is 17.8 Å². The van der Waals surface area contributed by atoms with Crippen LogP contribution >= 0.6 is 15.9 Å². The van der Waals surface area contributed by atoms with E-state index in [0.717, 1.165) is 32.5 Å². The third-order valence-corrected chi connectivity index (χ3v) is 3.77. The van der Waals surface area contributed by atoms with Crippen molar-refractivity contribution >= 4 is 32.5 Å². The van der Waals surface area contributed by atoms with Gasteiger partial charge < -0.3 is 5.32 Å². The average molecular weight is 328 g/mol. The number of halogens is 1. The van der Waals surface area contributed by atoms with Crippen molar-refractivity contribution in [2.45, 2.75) is 13.5 Å². The minimum Gasteiger partial charge on any atom is -0.379 e. The summed E-state index contributed by atoms with van der Waals surface area (Å²) in [5.41, 5.74) is 4.10. The molecule has 0 amide bonds. The van der Waals surface area contributed by atoms with Crippen LogP contribution in [-0.2, 0) is 6.54 Å². The number of fused-ring (bicyclic) bond motifs is 1. The molecule has 0 atom stereocenters. The topological polar surface area (TPSA) is 37.8 Å². The molecule has 0 aliphatic carbocycles. The monoisotopic (exact) mass is 327 g/mol. The van der Waals surface area contributed by atoms with Crippen molar-refractivity contribution in [2.24, 2.45) is 0 Å². The molecule has 2 heterocycles. The molecule has 20 heavy (non-hydrogen) atoms. The largest absolute Gasteiger partial charge is 0.379 e. The van der Waals surface area contributed by atoms with Crippen molar-refractivity contribution in [3.05, 3.63) is 64.5 Å². The smallest absolute Gasteiger partial charge is 0.0864 e. The normalized spacial score (nSPS) is 10.7. The molecule has 3 aromatic rings. The Balaban J connectivity index is 1.90.